The second-order valence-electron chi connectivity index (χ2n) is 7.51. The van der Waals surface area contributed by atoms with E-state index >= 15 is 0 Å². The fourth-order valence-corrected chi connectivity index (χ4v) is 3.96. The molecule has 4 nitrogen and oxygen atoms in total. The van der Waals surface area contributed by atoms with Crippen molar-refractivity contribution in [3.8, 4) is 0 Å². The molecule has 1 aliphatic heterocycles. The van der Waals surface area contributed by atoms with Crippen molar-refractivity contribution >= 4 is 17.3 Å². The van der Waals surface area contributed by atoms with Crippen molar-refractivity contribution in [2.75, 3.05) is 44.2 Å². The van der Waals surface area contributed by atoms with Crippen molar-refractivity contribution in [2.45, 2.75) is 32.5 Å². The molecule has 0 radical (unpaired) electrons. The van der Waals surface area contributed by atoms with E-state index in [9.17, 15) is 5.11 Å². The van der Waals surface area contributed by atoms with Crippen LogP contribution in [0.25, 0.3) is 0 Å². The number of rotatable bonds is 8. The lowest BCUT2D eigenvalue weighted by molar-refractivity contribution is -0.0240. The van der Waals surface area contributed by atoms with E-state index in [0.29, 0.717) is 13.2 Å². The number of aliphatic hydroxyl groups is 1. The summed E-state index contributed by atoms with van der Waals surface area (Å²) >= 11 is 6.17. The van der Waals surface area contributed by atoms with Crippen molar-refractivity contribution in [1.29, 1.82) is 0 Å². The number of aryl methyl sites for hydroxylation is 1. The minimum absolute atomic E-state index is 0.0403. The Morgan fingerprint density at radius 3 is 2.46 bits per heavy atom. The molecule has 28 heavy (non-hydrogen) atoms. The molecule has 2 atom stereocenters. The van der Waals surface area contributed by atoms with Gasteiger partial charge in [-0.15, -0.1) is 0 Å². The number of aliphatic hydroxyl groups excluding tert-OH is 1. The molecule has 0 aliphatic carbocycles. The Hall–Kier alpha value is -1.59. The summed E-state index contributed by atoms with van der Waals surface area (Å²) in [5, 5.41) is 11.2. The van der Waals surface area contributed by atoms with Gasteiger partial charge in [0.2, 0.25) is 0 Å². The lowest BCUT2D eigenvalue weighted by atomic mass is 10.1. The third kappa shape index (κ3) is 5.71. The predicted molar refractivity (Wildman–Crippen MR) is 116 cm³/mol. The zero-order valence-electron chi connectivity index (χ0n) is 16.9. The fraction of sp³-hybridized carbons (Fsp3) is 0.478. The number of halogens is 1. The first kappa shape index (κ1) is 21.1. The van der Waals surface area contributed by atoms with Crippen molar-refractivity contribution in [3.05, 3.63) is 64.7 Å². The Kier molecular flexibility index (Phi) is 7.74. The van der Waals surface area contributed by atoms with Crippen LogP contribution < -0.4 is 4.90 Å². The van der Waals surface area contributed by atoms with Gasteiger partial charge in [-0.1, -0.05) is 54.9 Å². The molecule has 0 aromatic heterocycles. The molecule has 2 unspecified atom stereocenters. The Morgan fingerprint density at radius 1 is 1.07 bits per heavy atom. The van der Waals surface area contributed by atoms with Crippen LogP contribution in [-0.4, -0.2) is 55.4 Å². The number of hydrogen-bond acceptors (Lipinski definition) is 4. The number of ether oxygens (including phenoxy) is 1. The summed E-state index contributed by atoms with van der Waals surface area (Å²) in [6.45, 7) is 8.98. The summed E-state index contributed by atoms with van der Waals surface area (Å²) in [7, 11) is 0. The standard InChI is InChI=1S/C23H31ClN2O2/c1-3-23(19-7-5-4-6-8-19)28-17-21(27)16-25-11-13-26(14-12-25)22-15-20(24)10-9-18(22)2/h4-10,15,21,23,27H,3,11-14,16-17H2,1-2H3. The van der Waals surface area contributed by atoms with Crippen LogP contribution >= 0.6 is 11.6 Å². The monoisotopic (exact) mass is 402 g/mol. The summed E-state index contributed by atoms with van der Waals surface area (Å²) in [5.74, 6) is 0. The summed E-state index contributed by atoms with van der Waals surface area (Å²) in [5.41, 5.74) is 3.63. The largest absolute Gasteiger partial charge is 0.389 e. The molecule has 1 saturated heterocycles. The number of hydrogen-bond donors (Lipinski definition) is 1. The Balaban J connectivity index is 1.44. The van der Waals surface area contributed by atoms with Gasteiger partial charge in [0.15, 0.2) is 0 Å². The van der Waals surface area contributed by atoms with Crippen LogP contribution in [0.15, 0.2) is 48.5 Å². The number of benzene rings is 2. The van der Waals surface area contributed by atoms with E-state index in [2.05, 4.69) is 41.8 Å². The molecule has 3 rings (SSSR count). The highest BCUT2D eigenvalue weighted by atomic mass is 35.5. The van der Waals surface area contributed by atoms with E-state index in [1.807, 2.05) is 30.3 Å². The number of anilines is 1. The first-order chi connectivity index (χ1) is 13.6. The van der Waals surface area contributed by atoms with E-state index in [0.717, 1.165) is 37.6 Å². The molecule has 0 saturated carbocycles. The lowest BCUT2D eigenvalue weighted by Gasteiger charge is -2.37. The van der Waals surface area contributed by atoms with E-state index in [1.165, 1.54) is 16.8 Å². The van der Waals surface area contributed by atoms with Gasteiger partial charge in [-0.25, -0.2) is 0 Å². The van der Waals surface area contributed by atoms with Crippen LogP contribution in [0.1, 0.15) is 30.6 Å². The SMILES string of the molecule is CCC(OCC(O)CN1CCN(c2cc(Cl)ccc2C)CC1)c1ccccc1. The lowest BCUT2D eigenvalue weighted by Crippen LogP contribution is -2.49. The van der Waals surface area contributed by atoms with E-state index < -0.39 is 6.10 Å². The molecule has 2 aromatic carbocycles. The minimum Gasteiger partial charge on any atom is -0.389 e. The molecule has 1 fully saturated rings. The normalized spacial score (nSPS) is 17.5. The molecule has 0 bridgehead atoms. The molecule has 152 valence electrons. The van der Waals surface area contributed by atoms with Crippen LogP contribution in [0, 0.1) is 6.92 Å². The second-order valence-corrected chi connectivity index (χ2v) is 7.95. The molecule has 0 spiro atoms. The highest BCUT2D eigenvalue weighted by Gasteiger charge is 2.21. The van der Waals surface area contributed by atoms with Gasteiger partial charge in [-0.2, -0.15) is 0 Å². The molecular weight excluding hydrogens is 372 g/mol. The summed E-state index contributed by atoms with van der Waals surface area (Å²) in [6, 6.07) is 16.3. The van der Waals surface area contributed by atoms with Gasteiger partial charge in [-0.3, -0.25) is 4.90 Å². The van der Waals surface area contributed by atoms with Crippen molar-refractivity contribution in [2.24, 2.45) is 0 Å². The maximum atomic E-state index is 10.5. The quantitative estimate of drug-likeness (QED) is 0.714. The average molecular weight is 403 g/mol. The average Bonchev–Trinajstić information content (AvgIpc) is 2.72. The second kappa shape index (κ2) is 10.3. The Morgan fingerprint density at radius 2 is 1.79 bits per heavy atom. The smallest absolute Gasteiger partial charge is 0.0900 e. The highest BCUT2D eigenvalue weighted by Crippen LogP contribution is 2.25. The summed E-state index contributed by atoms with van der Waals surface area (Å²) < 4.78 is 6.00. The van der Waals surface area contributed by atoms with Crippen LogP contribution in [0.4, 0.5) is 5.69 Å². The van der Waals surface area contributed by atoms with Crippen LogP contribution in [0.3, 0.4) is 0 Å². The fourth-order valence-electron chi connectivity index (χ4n) is 3.79. The van der Waals surface area contributed by atoms with E-state index in [4.69, 9.17) is 16.3 Å². The van der Waals surface area contributed by atoms with Crippen molar-refractivity contribution in [3.63, 3.8) is 0 Å². The molecular formula is C23H31ClN2O2. The zero-order valence-corrected chi connectivity index (χ0v) is 17.6. The summed E-state index contributed by atoms with van der Waals surface area (Å²) in [4.78, 5) is 4.69. The summed E-state index contributed by atoms with van der Waals surface area (Å²) in [6.07, 6.45) is 0.463. The molecule has 1 heterocycles. The van der Waals surface area contributed by atoms with Gasteiger partial charge >= 0.3 is 0 Å². The minimum atomic E-state index is -0.475. The molecule has 0 amide bonds. The zero-order chi connectivity index (χ0) is 19.9. The van der Waals surface area contributed by atoms with Crippen LogP contribution in [-0.2, 0) is 4.74 Å². The molecule has 2 aromatic rings. The first-order valence-electron chi connectivity index (χ1n) is 10.1. The van der Waals surface area contributed by atoms with Gasteiger partial charge in [0.25, 0.3) is 0 Å². The van der Waals surface area contributed by atoms with E-state index in [-0.39, 0.29) is 6.10 Å². The third-order valence-electron chi connectivity index (χ3n) is 5.39. The van der Waals surface area contributed by atoms with Crippen molar-refractivity contribution in [1.82, 2.24) is 4.90 Å². The van der Waals surface area contributed by atoms with Crippen LogP contribution in [0.5, 0.6) is 0 Å². The maximum absolute atomic E-state index is 10.5. The number of nitrogens with zero attached hydrogens (tertiary/aromatic N) is 2. The Bertz CT molecular complexity index is 733. The van der Waals surface area contributed by atoms with Gasteiger partial charge in [-0.05, 0) is 36.6 Å². The van der Waals surface area contributed by atoms with Gasteiger partial charge in [0.05, 0.1) is 18.8 Å². The third-order valence-corrected chi connectivity index (χ3v) is 5.62. The number of piperazine rings is 1. The van der Waals surface area contributed by atoms with Gasteiger partial charge < -0.3 is 14.7 Å². The first-order valence-corrected chi connectivity index (χ1v) is 10.5. The van der Waals surface area contributed by atoms with Gasteiger partial charge in [0, 0.05) is 43.4 Å². The van der Waals surface area contributed by atoms with Gasteiger partial charge in [0.1, 0.15) is 0 Å². The van der Waals surface area contributed by atoms with Crippen LogP contribution in [0.2, 0.25) is 5.02 Å². The molecule has 5 heteroatoms. The molecule has 1 N–H and O–H groups in total. The maximum Gasteiger partial charge on any atom is 0.0900 e. The molecule has 1 aliphatic rings. The highest BCUT2D eigenvalue weighted by molar-refractivity contribution is 6.30. The Labute approximate surface area is 173 Å². The predicted octanol–water partition coefficient (Wildman–Crippen LogP) is 4.30. The van der Waals surface area contributed by atoms with E-state index in [1.54, 1.807) is 0 Å². The number of β-amino-alcohol motifs (C(OH)–C–C–N with tert-alkyl or cyclic N) is 1. The van der Waals surface area contributed by atoms with Crippen molar-refractivity contribution < 1.29 is 9.84 Å². The topological polar surface area (TPSA) is 35.9 Å².